The zero-order chi connectivity index (χ0) is 14.6. The summed E-state index contributed by atoms with van der Waals surface area (Å²) in [5.74, 6) is 0.708. The van der Waals surface area contributed by atoms with Gasteiger partial charge in [0.15, 0.2) is 5.76 Å². The van der Waals surface area contributed by atoms with Gasteiger partial charge < -0.3 is 9.73 Å². The smallest absolute Gasteiger partial charge is 0.287 e. The Morgan fingerprint density at radius 1 is 1.30 bits per heavy atom. The Hall–Kier alpha value is -1.48. The standard InChI is InChI=1S/C16H20ClNO2/c1-3-16(4-2,10-17)11-18-15(19)14-9-12-7-5-6-8-13(12)20-14/h5-9H,3-4,10-11H2,1-2H3,(H,18,19). The quantitative estimate of drug-likeness (QED) is 0.811. The number of benzene rings is 1. The van der Waals surface area contributed by atoms with Crippen molar-refractivity contribution in [1.82, 2.24) is 5.32 Å². The van der Waals surface area contributed by atoms with E-state index in [1.807, 2.05) is 24.3 Å². The van der Waals surface area contributed by atoms with Gasteiger partial charge >= 0.3 is 0 Å². The Labute approximate surface area is 124 Å². The fourth-order valence-electron chi connectivity index (χ4n) is 2.18. The van der Waals surface area contributed by atoms with E-state index in [4.69, 9.17) is 16.0 Å². The molecule has 0 bridgehead atoms. The SMILES string of the molecule is CCC(CC)(CCl)CNC(=O)c1cc2ccccc2o1. The molecule has 0 saturated heterocycles. The van der Waals surface area contributed by atoms with Crippen LogP contribution < -0.4 is 5.32 Å². The number of carbonyl (C=O) groups excluding carboxylic acids is 1. The summed E-state index contributed by atoms with van der Waals surface area (Å²) in [7, 11) is 0. The van der Waals surface area contributed by atoms with Crippen molar-refractivity contribution in [2.45, 2.75) is 26.7 Å². The van der Waals surface area contributed by atoms with Gasteiger partial charge in [-0.15, -0.1) is 11.6 Å². The van der Waals surface area contributed by atoms with E-state index in [0.717, 1.165) is 23.8 Å². The van der Waals surface area contributed by atoms with E-state index < -0.39 is 0 Å². The molecule has 1 aromatic heterocycles. The zero-order valence-corrected chi connectivity index (χ0v) is 12.7. The van der Waals surface area contributed by atoms with Gasteiger partial charge in [0, 0.05) is 23.2 Å². The van der Waals surface area contributed by atoms with Crippen molar-refractivity contribution in [2.75, 3.05) is 12.4 Å². The van der Waals surface area contributed by atoms with Crippen LogP contribution in [-0.4, -0.2) is 18.3 Å². The number of furan rings is 1. The molecule has 108 valence electrons. The average Bonchev–Trinajstić information content (AvgIpc) is 2.93. The van der Waals surface area contributed by atoms with E-state index in [9.17, 15) is 4.79 Å². The minimum absolute atomic E-state index is 0.0385. The predicted molar refractivity (Wildman–Crippen MR) is 82.3 cm³/mol. The van der Waals surface area contributed by atoms with Crippen molar-refractivity contribution in [1.29, 1.82) is 0 Å². The summed E-state index contributed by atoms with van der Waals surface area (Å²) < 4.78 is 5.55. The van der Waals surface area contributed by atoms with Crippen LogP contribution in [0.3, 0.4) is 0 Å². The molecule has 0 aliphatic heterocycles. The number of hydrogen-bond donors (Lipinski definition) is 1. The highest BCUT2D eigenvalue weighted by atomic mass is 35.5. The molecule has 1 amide bonds. The molecule has 0 radical (unpaired) electrons. The lowest BCUT2D eigenvalue weighted by molar-refractivity contribution is 0.0906. The highest BCUT2D eigenvalue weighted by Crippen LogP contribution is 2.27. The average molecular weight is 294 g/mol. The topological polar surface area (TPSA) is 42.2 Å². The summed E-state index contributed by atoms with van der Waals surface area (Å²) in [5.41, 5.74) is 0.690. The van der Waals surface area contributed by atoms with Crippen molar-refractivity contribution in [2.24, 2.45) is 5.41 Å². The van der Waals surface area contributed by atoms with Gasteiger partial charge in [0.1, 0.15) is 5.58 Å². The Morgan fingerprint density at radius 2 is 2.00 bits per heavy atom. The van der Waals surface area contributed by atoms with Gasteiger partial charge in [-0.2, -0.15) is 0 Å². The fraction of sp³-hybridized carbons (Fsp3) is 0.438. The number of carbonyl (C=O) groups is 1. The summed E-state index contributed by atoms with van der Waals surface area (Å²) in [5, 5.41) is 3.87. The Balaban J connectivity index is 2.08. The molecule has 20 heavy (non-hydrogen) atoms. The number of fused-ring (bicyclic) bond motifs is 1. The van der Waals surface area contributed by atoms with Crippen LogP contribution in [0.1, 0.15) is 37.2 Å². The van der Waals surface area contributed by atoms with E-state index in [2.05, 4.69) is 19.2 Å². The van der Waals surface area contributed by atoms with Crippen LogP contribution in [0.25, 0.3) is 11.0 Å². The molecule has 2 aromatic rings. The third-order valence-electron chi connectivity index (χ3n) is 4.06. The third-order valence-corrected chi connectivity index (χ3v) is 4.62. The maximum atomic E-state index is 12.2. The summed E-state index contributed by atoms with van der Waals surface area (Å²) in [4.78, 5) is 12.2. The number of para-hydroxylation sites is 1. The summed E-state index contributed by atoms with van der Waals surface area (Å²) in [6.07, 6.45) is 1.88. The van der Waals surface area contributed by atoms with E-state index in [-0.39, 0.29) is 11.3 Å². The minimum Gasteiger partial charge on any atom is -0.451 e. The van der Waals surface area contributed by atoms with E-state index in [1.165, 1.54) is 0 Å². The van der Waals surface area contributed by atoms with Gasteiger partial charge in [0.25, 0.3) is 5.91 Å². The van der Waals surface area contributed by atoms with Crippen LogP contribution in [0.2, 0.25) is 0 Å². The summed E-state index contributed by atoms with van der Waals surface area (Å²) in [6, 6.07) is 9.36. The first-order chi connectivity index (χ1) is 9.64. The molecular formula is C16H20ClNO2. The first-order valence-electron chi connectivity index (χ1n) is 6.97. The second-order valence-corrected chi connectivity index (χ2v) is 5.44. The van der Waals surface area contributed by atoms with Crippen LogP contribution in [0, 0.1) is 5.41 Å². The van der Waals surface area contributed by atoms with Gasteiger partial charge in [0.05, 0.1) is 0 Å². The lowest BCUT2D eigenvalue weighted by Gasteiger charge is -2.29. The van der Waals surface area contributed by atoms with Crippen molar-refractivity contribution in [3.63, 3.8) is 0 Å². The number of halogens is 1. The largest absolute Gasteiger partial charge is 0.451 e. The lowest BCUT2D eigenvalue weighted by Crippen LogP contribution is -2.38. The third kappa shape index (κ3) is 2.98. The van der Waals surface area contributed by atoms with Gasteiger partial charge in [-0.3, -0.25) is 4.79 Å². The monoisotopic (exact) mass is 293 g/mol. The van der Waals surface area contributed by atoms with Crippen LogP contribution >= 0.6 is 11.6 Å². The molecule has 0 unspecified atom stereocenters. The molecule has 3 nitrogen and oxygen atoms in total. The molecule has 1 heterocycles. The Kier molecular flexibility index (Phi) is 4.71. The lowest BCUT2D eigenvalue weighted by atomic mass is 9.84. The van der Waals surface area contributed by atoms with Crippen molar-refractivity contribution in [3.05, 3.63) is 36.1 Å². The van der Waals surface area contributed by atoms with Gasteiger partial charge in [-0.05, 0) is 25.0 Å². The van der Waals surface area contributed by atoms with Crippen LogP contribution in [-0.2, 0) is 0 Å². The molecule has 0 atom stereocenters. The summed E-state index contributed by atoms with van der Waals surface area (Å²) >= 11 is 6.04. The zero-order valence-electron chi connectivity index (χ0n) is 11.9. The summed E-state index contributed by atoms with van der Waals surface area (Å²) in [6.45, 7) is 4.76. The second kappa shape index (κ2) is 6.31. The first-order valence-corrected chi connectivity index (χ1v) is 7.50. The van der Waals surface area contributed by atoms with E-state index in [1.54, 1.807) is 6.07 Å². The van der Waals surface area contributed by atoms with Crippen LogP contribution in [0.15, 0.2) is 34.7 Å². The first kappa shape index (κ1) is 14.9. The minimum atomic E-state index is -0.183. The molecule has 0 fully saturated rings. The highest BCUT2D eigenvalue weighted by Gasteiger charge is 2.26. The number of amides is 1. The van der Waals surface area contributed by atoms with Crippen LogP contribution in [0.4, 0.5) is 0 Å². The molecule has 1 aromatic carbocycles. The van der Waals surface area contributed by atoms with Gasteiger partial charge in [-0.25, -0.2) is 0 Å². The van der Waals surface area contributed by atoms with Gasteiger partial charge in [0.2, 0.25) is 0 Å². The maximum absolute atomic E-state index is 12.2. The molecule has 1 N–H and O–H groups in total. The molecule has 0 aliphatic rings. The van der Waals surface area contributed by atoms with Crippen molar-refractivity contribution in [3.8, 4) is 0 Å². The number of rotatable bonds is 6. The molecule has 0 spiro atoms. The normalized spacial score (nSPS) is 11.8. The fourth-order valence-corrected chi connectivity index (χ4v) is 2.66. The maximum Gasteiger partial charge on any atom is 0.287 e. The molecule has 2 rings (SSSR count). The second-order valence-electron chi connectivity index (χ2n) is 5.17. The molecular weight excluding hydrogens is 274 g/mol. The van der Waals surface area contributed by atoms with Gasteiger partial charge in [-0.1, -0.05) is 32.0 Å². The number of alkyl halides is 1. The number of nitrogens with one attached hydrogen (secondary N) is 1. The van der Waals surface area contributed by atoms with E-state index >= 15 is 0 Å². The molecule has 0 saturated carbocycles. The van der Waals surface area contributed by atoms with E-state index in [0.29, 0.717) is 18.2 Å². The predicted octanol–water partition coefficient (Wildman–Crippen LogP) is 4.21. The highest BCUT2D eigenvalue weighted by molar-refractivity contribution is 6.18. The van der Waals surface area contributed by atoms with Crippen LogP contribution in [0.5, 0.6) is 0 Å². The molecule has 0 aliphatic carbocycles. The number of hydrogen-bond acceptors (Lipinski definition) is 2. The Morgan fingerprint density at radius 3 is 2.60 bits per heavy atom. The molecule has 4 heteroatoms. The van der Waals surface area contributed by atoms with Crippen molar-refractivity contribution < 1.29 is 9.21 Å². The Bertz CT molecular complexity index is 546. The van der Waals surface area contributed by atoms with Crippen molar-refractivity contribution >= 4 is 28.5 Å².